The van der Waals surface area contributed by atoms with Gasteiger partial charge in [0.1, 0.15) is 5.82 Å². The molecule has 1 heterocycles. The van der Waals surface area contributed by atoms with Gasteiger partial charge in [-0.1, -0.05) is 54.1 Å². The number of nitrogens with zero attached hydrogens (tertiary/aromatic N) is 2. The smallest absolute Gasteiger partial charge is 0.335 e. The number of halogens is 2. The Morgan fingerprint density at radius 3 is 2.22 bits per heavy atom. The van der Waals surface area contributed by atoms with Crippen molar-refractivity contribution in [2.75, 3.05) is 18.8 Å². The van der Waals surface area contributed by atoms with Crippen molar-refractivity contribution in [3.63, 3.8) is 0 Å². The van der Waals surface area contributed by atoms with Crippen LogP contribution in [0, 0.1) is 5.82 Å². The fourth-order valence-electron chi connectivity index (χ4n) is 4.05. The van der Waals surface area contributed by atoms with Gasteiger partial charge in [-0.05, 0) is 42.0 Å². The highest BCUT2D eigenvalue weighted by Crippen LogP contribution is 2.43. The van der Waals surface area contributed by atoms with Crippen LogP contribution in [0.5, 0.6) is 0 Å². The number of amides is 2. The minimum atomic E-state index is -4.31. The standard InChI is InChI=1S/C24H22ClFN4O5S2/c25-19-8-12-21(13-9-19)37(34,35)24(18-4-2-1-3-5-18)16-30(23(31)28-14-15-36(27,32)33)29-22(24)17-6-10-20(26)11-7-17/h1-13H,14-16H2,(H,28,31)(H2,27,32,33). The predicted molar refractivity (Wildman–Crippen MR) is 138 cm³/mol. The van der Waals surface area contributed by atoms with Crippen molar-refractivity contribution in [3.8, 4) is 0 Å². The van der Waals surface area contributed by atoms with Crippen LogP contribution in [0.2, 0.25) is 5.02 Å². The third-order valence-electron chi connectivity index (χ3n) is 5.81. The van der Waals surface area contributed by atoms with E-state index < -0.39 is 48.8 Å². The molecule has 4 rings (SSSR count). The number of sulfone groups is 1. The van der Waals surface area contributed by atoms with Gasteiger partial charge in [0.05, 0.1) is 22.9 Å². The quantitative estimate of drug-likeness (QED) is 0.454. The van der Waals surface area contributed by atoms with E-state index in [0.29, 0.717) is 10.6 Å². The van der Waals surface area contributed by atoms with Crippen molar-refractivity contribution < 1.29 is 26.0 Å². The van der Waals surface area contributed by atoms with E-state index >= 15 is 0 Å². The zero-order chi connectivity index (χ0) is 26.8. The van der Waals surface area contributed by atoms with Crippen molar-refractivity contribution in [2.24, 2.45) is 10.2 Å². The van der Waals surface area contributed by atoms with Crippen LogP contribution in [0.25, 0.3) is 0 Å². The van der Waals surface area contributed by atoms with E-state index in [1.165, 1.54) is 36.4 Å². The van der Waals surface area contributed by atoms with Gasteiger partial charge in [-0.25, -0.2) is 36.2 Å². The number of sulfonamides is 1. The number of hydrazone groups is 1. The van der Waals surface area contributed by atoms with Gasteiger partial charge < -0.3 is 5.32 Å². The Morgan fingerprint density at radius 2 is 1.62 bits per heavy atom. The van der Waals surface area contributed by atoms with Crippen LogP contribution in [0.4, 0.5) is 9.18 Å². The second-order valence-electron chi connectivity index (χ2n) is 8.26. The molecule has 3 aromatic rings. The molecule has 0 aromatic heterocycles. The molecular formula is C24H22ClFN4O5S2. The van der Waals surface area contributed by atoms with Crippen LogP contribution < -0.4 is 10.5 Å². The average Bonchev–Trinajstić information content (AvgIpc) is 3.27. The largest absolute Gasteiger partial charge is 0.337 e. The molecule has 37 heavy (non-hydrogen) atoms. The summed E-state index contributed by atoms with van der Waals surface area (Å²) in [5.41, 5.74) is 0.603. The summed E-state index contributed by atoms with van der Waals surface area (Å²) >= 11 is 5.99. The van der Waals surface area contributed by atoms with Gasteiger partial charge in [0.2, 0.25) is 10.0 Å². The van der Waals surface area contributed by atoms with Crippen LogP contribution in [-0.2, 0) is 24.6 Å². The molecule has 9 nitrogen and oxygen atoms in total. The van der Waals surface area contributed by atoms with E-state index in [9.17, 15) is 26.0 Å². The number of nitrogens with two attached hydrogens (primary N) is 1. The molecule has 3 N–H and O–H groups in total. The van der Waals surface area contributed by atoms with Gasteiger partial charge in [-0.2, -0.15) is 5.10 Å². The van der Waals surface area contributed by atoms with Crippen molar-refractivity contribution in [3.05, 3.63) is 101 Å². The summed E-state index contributed by atoms with van der Waals surface area (Å²) in [6, 6.07) is 18.1. The van der Waals surface area contributed by atoms with Crippen molar-refractivity contribution in [2.45, 2.75) is 9.64 Å². The zero-order valence-corrected chi connectivity index (χ0v) is 21.6. The monoisotopic (exact) mass is 564 g/mol. The first-order chi connectivity index (χ1) is 17.4. The average molecular weight is 565 g/mol. The summed E-state index contributed by atoms with van der Waals surface area (Å²) in [6.07, 6.45) is 0. The fourth-order valence-corrected chi connectivity index (χ4v) is 6.61. The van der Waals surface area contributed by atoms with E-state index in [1.807, 2.05) is 0 Å². The SMILES string of the molecule is NS(=O)(=O)CCNC(=O)N1CC(c2ccccc2)(S(=O)(=O)c2ccc(Cl)cc2)C(c2ccc(F)cc2)=N1. The number of benzene rings is 3. The minimum Gasteiger partial charge on any atom is -0.335 e. The summed E-state index contributed by atoms with van der Waals surface area (Å²) in [5, 5.41) is 13.0. The lowest BCUT2D eigenvalue weighted by molar-refractivity contribution is 0.203. The van der Waals surface area contributed by atoms with E-state index in [2.05, 4.69) is 10.4 Å². The number of carbonyl (C=O) groups excluding carboxylic acids is 1. The fraction of sp³-hybridized carbons (Fsp3) is 0.167. The summed E-state index contributed by atoms with van der Waals surface area (Å²) in [4.78, 5) is 12.9. The molecule has 0 saturated heterocycles. The molecule has 0 radical (unpaired) electrons. The summed E-state index contributed by atoms with van der Waals surface area (Å²) in [6.45, 7) is -0.742. The number of rotatable bonds is 7. The summed E-state index contributed by atoms with van der Waals surface area (Å²) in [7, 11) is -8.15. The molecule has 2 amide bonds. The molecule has 3 aromatic carbocycles. The lowest BCUT2D eigenvalue weighted by atomic mass is 9.89. The Balaban J connectivity index is 1.90. The van der Waals surface area contributed by atoms with Gasteiger partial charge in [-0.15, -0.1) is 0 Å². The lowest BCUT2D eigenvalue weighted by Crippen LogP contribution is -2.48. The summed E-state index contributed by atoms with van der Waals surface area (Å²) < 4.78 is 63.2. The van der Waals surface area contributed by atoms with E-state index in [0.717, 1.165) is 17.1 Å². The van der Waals surface area contributed by atoms with Crippen molar-refractivity contribution >= 4 is 43.2 Å². The molecular weight excluding hydrogens is 543 g/mol. The maximum atomic E-state index is 14.4. The minimum absolute atomic E-state index is 0.00440. The highest BCUT2D eigenvalue weighted by atomic mass is 35.5. The molecule has 13 heteroatoms. The van der Waals surface area contributed by atoms with E-state index in [1.54, 1.807) is 30.3 Å². The number of hydrogen-bond donors (Lipinski definition) is 2. The number of carbonyl (C=O) groups is 1. The maximum absolute atomic E-state index is 14.4. The third-order valence-corrected chi connectivity index (χ3v) is 9.21. The Morgan fingerprint density at radius 1 is 1.00 bits per heavy atom. The third kappa shape index (κ3) is 5.37. The van der Waals surface area contributed by atoms with Crippen LogP contribution >= 0.6 is 11.6 Å². The van der Waals surface area contributed by atoms with Crippen LogP contribution in [0.3, 0.4) is 0 Å². The molecule has 1 aliphatic heterocycles. The number of hydrogen-bond acceptors (Lipinski definition) is 6. The first-order valence-corrected chi connectivity index (χ1v) is 14.5. The summed E-state index contributed by atoms with van der Waals surface area (Å²) in [5.74, 6) is -1.06. The molecule has 0 fully saturated rings. The maximum Gasteiger partial charge on any atom is 0.337 e. The second kappa shape index (κ2) is 10.2. The molecule has 1 unspecified atom stereocenters. The molecule has 1 aliphatic rings. The highest BCUT2D eigenvalue weighted by Gasteiger charge is 2.56. The van der Waals surface area contributed by atoms with Crippen LogP contribution in [-0.4, -0.2) is 52.4 Å². The van der Waals surface area contributed by atoms with Gasteiger partial charge >= 0.3 is 6.03 Å². The van der Waals surface area contributed by atoms with Crippen molar-refractivity contribution in [1.82, 2.24) is 10.3 Å². The Kier molecular flexibility index (Phi) is 7.38. The Bertz CT molecular complexity index is 1550. The predicted octanol–water partition coefficient (Wildman–Crippen LogP) is 2.87. The van der Waals surface area contributed by atoms with Crippen LogP contribution in [0.15, 0.2) is 88.9 Å². The van der Waals surface area contributed by atoms with Gasteiger partial charge in [-0.3, -0.25) is 0 Å². The molecule has 0 saturated carbocycles. The number of nitrogens with one attached hydrogen (secondary N) is 1. The Labute approximate surface area is 218 Å². The van der Waals surface area contributed by atoms with Crippen LogP contribution in [0.1, 0.15) is 11.1 Å². The van der Waals surface area contributed by atoms with Crippen molar-refractivity contribution in [1.29, 1.82) is 0 Å². The van der Waals surface area contributed by atoms with E-state index in [-0.39, 0.29) is 22.7 Å². The van der Waals surface area contributed by atoms with E-state index in [4.69, 9.17) is 16.7 Å². The first-order valence-electron chi connectivity index (χ1n) is 10.9. The van der Waals surface area contributed by atoms with Gasteiger partial charge in [0.15, 0.2) is 14.6 Å². The molecule has 0 spiro atoms. The molecule has 194 valence electrons. The molecule has 0 aliphatic carbocycles. The topological polar surface area (TPSA) is 139 Å². The molecule has 0 bridgehead atoms. The number of primary sulfonamides is 1. The Hall–Kier alpha value is -3.32. The lowest BCUT2D eigenvalue weighted by Gasteiger charge is -2.31. The number of urea groups is 1. The first kappa shape index (κ1) is 26.7. The van der Waals surface area contributed by atoms with Gasteiger partial charge in [0.25, 0.3) is 0 Å². The van der Waals surface area contributed by atoms with Gasteiger partial charge in [0, 0.05) is 17.1 Å². The second-order valence-corrected chi connectivity index (χ2v) is 12.6. The highest BCUT2D eigenvalue weighted by molar-refractivity contribution is 7.93. The normalized spacial score (nSPS) is 17.9. The molecule has 1 atom stereocenters. The zero-order valence-electron chi connectivity index (χ0n) is 19.2.